The van der Waals surface area contributed by atoms with Crippen molar-refractivity contribution in [2.75, 3.05) is 38.3 Å². The van der Waals surface area contributed by atoms with E-state index in [4.69, 9.17) is 9.47 Å². The number of anilines is 1. The van der Waals surface area contributed by atoms with Gasteiger partial charge in [0.1, 0.15) is 17.9 Å². The predicted octanol–water partition coefficient (Wildman–Crippen LogP) is 1.64. The molecule has 1 unspecified atom stereocenters. The fourth-order valence-electron chi connectivity index (χ4n) is 3.80. The van der Waals surface area contributed by atoms with Crippen LogP contribution in [0.4, 0.5) is 5.69 Å². The van der Waals surface area contributed by atoms with Gasteiger partial charge in [0.2, 0.25) is 0 Å². The van der Waals surface area contributed by atoms with Crippen LogP contribution in [-0.2, 0) is 20.7 Å². The monoisotopic (exact) mass is 434 g/mol. The SMILES string of the molecule is CN1C(=O)COc2ccc(-c3ccc(CC(C#N)NC(=O)[C@@H]4CNCCCO4)cc3)cc21. The summed E-state index contributed by atoms with van der Waals surface area (Å²) >= 11 is 0. The lowest BCUT2D eigenvalue weighted by molar-refractivity contribution is -0.132. The molecule has 8 nitrogen and oxygen atoms in total. The quantitative estimate of drug-likeness (QED) is 0.742. The molecule has 2 aromatic carbocycles. The van der Waals surface area contributed by atoms with E-state index in [-0.39, 0.29) is 18.4 Å². The first-order valence-corrected chi connectivity index (χ1v) is 10.7. The van der Waals surface area contributed by atoms with Gasteiger partial charge in [-0.05, 0) is 41.8 Å². The summed E-state index contributed by atoms with van der Waals surface area (Å²) < 4.78 is 11.0. The van der Waals surface area contributed by atoms with Gasteiger partial charge >= 0.3 is 0 Å². The molecule has 1 saturated heterocycles. The third kappa shape index (κ3) is 4.90. The number of nitrogens with zero attached hydrogens (tertiary/aromatic N) is 2. The minimum Gasteiger partial charge on any atom is -0.482 e. The molecular formula is C24H26N4O4. The Bertz CT molecular complexity index is 1020. The molecule has 2 N–H and O–H groups in total. The van der Waals surface area contributed by atoms with Crippen molar-refractivity contribution in [1.29, 1.82) is 5.26 Å². The minimum atomic E-state index is -0.638. The zero-order chi connectivity index (χ0) is 22.5. The maximum Gasteiger partial charge on any atom is 0.264 e. The first kappa shape index (κ1) is 21.8. The maximum atomic E-state index is 12.5. The van der Waals surface area contributed by atoms with E-state index in [0.717, 1.165) is 35.3 Å². The summed E-state index contributed by atoms with van der Waals surface area (Å²) in [4.78, 5) is 26.0. The average molecular weight is 434 g/mol. The van der Waals surface area contributed by atoms with Crippen molar-refractivity contribution in [2.24, 2.45) is 0 Å². The van der Waals surface area contributed by atoms with Crippen LogP contribution in [-0.4, -0.2) is 57.3 Å². The van der Waals surface area contributed by atoms with Crippen LogP contribution >= 0.6 is 0 Å². The molecule has 0 saturated carbocycles. The zero-order valence-electron chi connectivity index (χ0n) is 18.0. The molecule has 2 aliphatic heterocycles. The molecule has 0 aliphatic carbocycles. The average Bonchev–Trinajstić information content (AvgIpc) is 3.11. The van der Waals surface area contributed by atoms with Crippen LogP contribution in [0, 0.1) is 11.3 Å². The third-order valence-electron chi connectivity index (χ3n) is 5.68. The molecule has 1 fully saturated rings. The second-order valence-corrected chi connectivity index (χ2v) is 7.93. The molecule has 4 rings (SSSR count). The lowest BCUT2D eigenvalue weighted by Crippen LogP contribution is -2.46. The summed E-state index contributed by atoms with van der Waals surface area (Å²) in [5, 5.41) is 15.5. The number of hydrogen-bond acceptors (Lipinski definition) is 6. The highest BCUT2D eigenvalue weighted by atomic mass is 16.5. The molecule has 32 heavy (non-hydrogen) atoms. The second kappa shape index (κ2) is 9.81. The number of ether oxygens (including phenoxy) is 2. The summed E-state index contributed by atoms with van der Waals surface area (Å²) in [6, 6.07) is 15.1. The van der Waals surface area contributed by atoms with Crippen LogP contribution < -0.4 is 20.3 Å². The summed E-state index contributed by atoms with van der Waals surface area (Å²) in [6.45, 7) is 1.85. The van der Waals surface area contributed by atoms with Crippen LogP contribution in [0.1, 0.15) is 12.0 Å². The number of benzene rings is 2. The number of amides is 2. The Balaban J connectivity index is 1.41. The van der Waals surface area contributed by atoms with E-state index in [1.54, 1.807) is 11.9 Å². The largest absolute Gasteiger partial charge is 0.482 e. The number of carbonyl (C=O) groups is 2. The van der Waals surface area contributed by atoms with Gasteiger partial charge in [-0.2, -0.15) is 5.26 Å². The van der Waals surface area contributed by atoms with Gasteiger partial charge in [0.05, 0.1) is 11.8 Å². The van der Waals surface area contributed by atoms with E-state index in [1.165, 1.54) is 0 Å². The second-order valence-electron chi connectivity index (χ2n) is 7.93. The van der Waals surface area contributed by atoms with Gasteiger partial charge in [0, 0.05) is 26.6 Å². The zero-order valence-corrected chi connectivity index (χ0v) is 18.0. The van der Waals surface area contributed by atoms with E-state index in [9.17, 15) is 14.9 Å². The predicted molar refractivity (Wildman–Crippen MR) is 119 cm³/mol. The molecular weight excluding hydrogens is 408 g/mol. The molecule has 2 atom stereocenters. The van der Waals surface area contributed by atoms with Gasteiger partial charge < -0.3 is 25.0 Å². The number of nitrogens with one attached hydrogen (secondary N) is 2. The summed E-state index contributed by atoms with van der Waals surface area (Å²) in [7, 11) is 1.74. The number of likely N-dealkylation sites (N-methyl/N-ethyl adjacent to an activating group) is 1. The molecule has 2 aromatic rings. The lowest BCUT2D eigenvalue weighted by atomic mass is 10.00. The van der Waals surface area contributed by atoms with Gasteiger partial charge in [0.25, 0.3) is 11.8 Å². The smallest absolute Gasteiger partial charge is 0.264 e. The number of nitriles is 1. The topological polar surface area (TPSA) is 104 Å². The molecule has 2 amide bonds. The Morgan fingerprint density at radius 2 is 2.06 bits per heavy atom. The number of hydrogen-bond donors (Lipinski definition) is 2. The number of rotatable bonds is 5. The van der Waals surface area contributed by atoms with Gasteiger partial charge in [-0.3, -0.25) is 9.59 Å². The van der Waals surface area contributed by atoms with Crippen molar-refractivity contribution in [3.63, 3.8) is 0 Å². The van der Waals surface area contributed by atoms with E-state index >= 15 is 0 Å². The molecule has 2 heterocycles. The number of carbonyl (C=O) groups excluding carboxylic acids is 2. The van der Waals surface area contributed by atoms with E-state index in [0.29, 0.717) is 25.3 Å². The Kier molecular flexibility index (Phi) is 6.69. The summed E-state index contributed by atoms with van der Waals surface area (Å²) in [5.41, 5.74) is 3.63. The Labute approximate surface area is 187 Å². The molecule has 0 spiro atoms. The van der Waals surface area contributed by atoms with Crippen molar-refractivity contribution >= 4 is 17.5 Å². The first-order valence-electron chi connectivity index (χ1n) is 10.7. The van der Waals surface area contributed by atoms with Crippen molar-refractivity contribution in [3.05, 3.63) is 48.0 Å². The Hall–Kier alpha value is -3.41. The van der Waals surface area contributed by atoms with E-state index in [2.05, 4.69) is 16.7 Å². The van der Waals surface area contributed by atoms with Crippen molar-refractivity contribution in [3.8, 4) is 22.9 Å². The molecule has 8 heteroatoms. The van der Waals surface area contributed by atoms with Crippen LogP contribution in [0.5, 0.6) is 5.75 Å². The maximum absolute atomic E-state index is 12.5. The fourth-order valence-corrected chi connectivity index (χ4v) is 3.80. The van der Waals surface area contributed by atoms with Crippen LogP contribution in [0.25, 0.3) is 11.1 Å². The minimum absolute atomic E-state index is 0.0531. The molecule has 0 bridgehead atoms. The van der Waals surface area contributed by atoms with Gasteiger partial charge in [0.15, 0.2) is 6.61 Å². The third-order valence-corrected chi connectivity index (χ3v) is 5.68. The lowest BCUT2D eigenvalue weighted by Gasteiger charge is -2.26. The van der Waals surface area contributed by atoms with E-state index < -0.39 is 12.1 Å². The molecule has 0 radical (unpaired) electrons. The van der Waals surface area contributed by atoms with Gasteiger partial charge in [-0.15, -0.1) is 0 Å². The van der Waals surface area contributed by atoms with Gasteiger partial charge in [-0.25, -0.2) is 0 Å². The highest BCUT2D eigenvalue weighted by molar-refractivity contribution is 5.98. The number of fused-ring (bicyclic) bond motifs is 1. The fraction of sp³-hybridized carbons (Fsp3) is 0.375. The summed E-state index contributed by atoms with van der Waals surface area (Å²) in [6.07, 6.45) is 0.688. The van der Waals surface area contributed by atoms with Crippen LogP contribution in [0.2, 0.25) is 0 Å². The summed E-state index contributed by atoms with van der Waals surface area (Å²) in [5.74, 6) is 0.338. The Morgan fingerprint density at radius 1 is 1.28 bits per heavy atom. The molecule has 2 aliphatic rings. The van der Waals surface area contributed by atoms with Crippen molar-refractivity contribution in [1.82, 2.24) is 10.6 Å². The van der Waals surface area contributed by atoms with Crippen LogP contribution in [0.15, 0.2) is 42.5 Å². The highest BCUT2D eigenvalue weighted by Crippen LogP contribution is 2.35. The molecule has 166 valence electrons. The van der Waals surface area contributed by atoms with Crippen molar-refractivity contribution < 1.29 is 19.1 Å². The first-order chi connectivity index (χ1) is 15.5. The standard InChI is InChI=1S/C24H26N4O4/c1-28-20-12-18(7-8-21(20)32-15-23(28)29)17-5-3-16(4-6-17)11-19(13-25)27-24(30)22-14-26-9-2-10-31-22/h3-8,12,19,22,26H,2,9-11,14-15H2,1H3,(H,27,30)/t19?,22-/m0/s1. The normalized spacial score (nSPS) is 19.2. The highest BCUT2D eigenvalue weighted by Gasteiger charge is 2.24. The van der Waals surface area contributed by atoms with E-state index in [1.807, 2.05) is 42.5 Å². The Morgan fingerprint density at radius 3 is 2.84 bits per heavy atom. The van der Waals surface area contributed by atoms with Crippen LogP contribution in [0.3, 0.4) is 0 Å². The van der Waals surface area contributed by atoms with Crippen molar-refractivity contribution in [2.45, 2.75) is 25.0 Å². The molecule has 0 aromatic heterocycles. The van der Waals surface area contributed by atoms with Gasteiger partial charge in [-0.1, -0.05) is 30.3 Å².